The summed E-state index contributed by atoms with van der Waals surface area (Å²) in [5, 5.41) is 10.4. The van der Waals surface area contributed by atoms with Gasteiger partial charge in [-0.2, -0.15) is 0 Å². The van der Waals surface area contributed by atoms with Gasteiger partial charge in [0.25, 0.3) is 5.91 Å². The molecule has 0 heterocycles. The second-order valence-corrected chi connectivity index (χ2v) is 12.1. The van der Waals surface area contributed by atoms with E-state index in [2.05, 4.69) is 26.1 Å². The lowest BCUT2D eigenvalue weighted by Gasteiger charge is -2.31. The van der Waals surface area contributed by atoms with Gasteiger partial charge >= 0.3 is 0 Å². The lowest BCUT2D eigenvalue weighted by molar-refractivity contribution is -0.128. The van der Waals surface area contributed by atoms with Crippen molar-refractivity contribution in [2.24, 2.45) is 11.5 Å². The Hall–Kier alpha value is -5.64. The number of nitrogens with zero attached hydrogens (tertiary/aromatic N) is 1. The molecule has 0 aliphatic heterocycles. The van der Waals surface area contributed by atoms with E-state index >= 15 is 0 Å². The van der Waals surface area contributed by atoms with Crippen molar-refractivity contribution >= 4 is 29.2 Å². The number of ether oxygens (including phenoxy) is 1. The maximum Gasteiger partial charge on any atom is 0.254 e. The van der Waals surface area contributed by atoms with Crippen LogP contribution in [0.5, 0.6) is 11.5 Å². The number of rotatable bonds is 12. The van der Waals surface area contributed by atoms with Gasteiger partial charge in [-0.15, -0.1) is 0 Å². The van der Waals surface area contributed by atoms with E-state index in [1.54, 1.807) is 42.5 Å². The smallest absolute Gasteiger partial charge is 0.254 e. The summed E-state index contributed by atoms with van der Waals surface area (Å²) < 4.78 is 6.15. The molecule has 46 heavy (non-hydrogen) atoms. The van der Waals surface area contributed by atoms with Crippen LogP contribution in [0.25, 0.3) is 0 Å². The van der Waals surface area contributed by atoms with Crippen LogP contribution in [-0.2, 0) is 28.0 Å². The van der Waals surface area contributed by atoms with Crippen molar-refractivity contribution in [3.05, 3.63) is 125 Å². The van der Waals surface area contributed by atoms with Crippen LogP contribution in [0.3, 0.4) is 0 Å². The molecular weight excluding hydrogens is 580 g/mol. The van der Waals surface area contributed by atoms with Crippen LogP contribution in [-0.4, -0.2) is 41.0 Å². The Balaban J connectivity index is 0.00000600. The summed E-state index contributed by atoms with van der Waals surface area (Å²) in [6.45, 7) is 6.06. The summed E-state index contributed by atoms with van der Waals surface area (Å²) in [6, 6.07) is 27.5. The molecule has 240 valence electrons. The molecule has 0 aliphatic rings. The zero-order chi connectivity index (χ0) is 33.4. The Morgan fingerprint density at radius 1 is 0.848 bits per heavy atom. The highest BCUT2D eigenvalue weighted by molar-refractivity contribution is 6.01. The third kappa shape index (κ3) is 8.95. The normalized spacial score (nSPS) is 11.7. The molecule has 8 N–H and O–H groups in total. The van der Waals surface area contributed by atoms with E-state index in [1.165, 1.54) is 16.5 Å². The van der Waals surface area contributed by atoms with E-state index in [4.69, 9.17) is 27.3 Å². The third-order valence-corrected chi connectivity index (χ3v) is 7.41. The molecular formula is C36H42N6O4. The van der Waals surface area contributed by atoms with Crippen molar-refractivity contribution < 1.29 is 20.5 Å². The summed E-state index contributed by atoms with van der Waals surface area (Å²) in [7, 11) is 0. The van der Waals surface area contributed by atoms with Gasteiger partial charge in [0, 0.05) is 31.2 Å². The van der Waals surface area contributed by atoms with E-state index in [-0.39, 0.29) is 31.2 Å². The van der Waals surface area contributed by atoms with Gasteiger partial charge in [0.15, 0.2) is 0 Å². The van der Waals surface area contributed by atoms with E-state index < -0.39 is 30.3 Å². The van der Waals surface area contributed by atoms with Gasteiger partial charge in [0.1, 0.15) is 23.4 Å². The molecule has 3 amide bonds. The molecule has 0 saturated carbocycles. The van der Waals surface area contributed by atoms with Crippen LogP contribution in [0.4, 0.5) is 5.69 Å². The van der Waals surface area contributed by atoms with E-state index in [1.807, 2.05) is 48.5 Å². The minimum atomic E-state index is -1.05. The number of anilines is 1. The average Bonchev–Trinajstić information content (AvgIpc) is 3.02. The summed E-state index contributed by atoms with van der Waals surface area (Å²) >= 11 is 0. The van der Waals surface area contributed by atoms with Gasteiger partial charge in [0.2, 0.25) is 11.8 Å². The third-order valence-electron chi connectivity index (χ3n) is 7.41. The molecule has 1 unspecified atom stereocenters. The maximum absolute atomic E-state index is 14.2. The van der Waals surface area contributed by atoms with Crippen molar-refractivity contribution in [3.63, 3.8) is 0 Å². The molecule has 0 aromatic heterocycles. The molecule has 0 radical (unpaired) electrons. The fraction of sp³-hybridized carbons (Fsp3) is 0.222. The summed E-state index contributed by atoms with van der Waals surface area (Å²) in [4.78, 5) is 40.9. The Labute approximate surface area is 270 Å². The highest BCUT2D eigenvalue weighted by atomic mass is 16.5. The van der Waals surface area contributed by atoms with Crippen LogP contribution >= 0.6 is 0 Å². The van der Waals surface area contributed by atoms with Gasteiger partial charge in [-0.3, -0.25) is 19.8 Å². The van der Waals surface area contributed by atoms with Gasteiger partial charge in [0.05, 0.1) is 6.54 Å². The van der Waals surface area contributed by atoms with Crippen molar-refractivity contribution in [1.29, 1.82) is 5.41 Å². The minimum absolute atomic E-state index is 0. The van der Waals surface area contributed by atoms with Crippen molar-refractivity contribution in [3.8, 4) is 11.5 Å². The first-order chi connectivity index (χ1) is 21.8. The molecule has 0 spiro atoms. The molecule has 4 aromatic carbocycles. The average molecular weight is 623 g/mol. The number of amidine groups is 1. The monoisotopic (exact) mass is 622 g/mol. The molecule has 0 bridgehead atoms. The SMILES string of the molecule is CC(C)(C)c1ccc(Oc2cccc(CN(C(=O)c3cccc(C(=N)N)c3)C(Cc3ccc(N)cc3)C(=O)NCC(N)=O)c2)cc1.[HH]. The molecule has 10 heteroatoms. The first-order valence-electron chi connectivity index (χ1n) is 14.8. The predicted octanol–water partition coefficient (Wildman–Crippen LogP) is 4.74. The molecule has 0 fully saturated rings. The van der Waals surface area contributed by atoms with Crippen molar-refractivity contribution in [2.45, 2.75) is 45.2 Å². The Bertz CT molecular complexity index is 1720. The lowest BCUT2D eigenvalue weighted by atomic mass is 9.87. The standard InChI is InChI=1S/C36H40N6O4.H2/c1-36(2,3)27-12-16-29(17-13-27)46-30-9-4-6-24(18-30)22-42(35(45)26-8-5-7-25(20-26)33(39)40)31(34(44)41-21-32(38)43)19-23-10-14-28(37)15-11-23;/h4-18,20,31H,19,21-22,37H2,1-3H3,(H2,38,43)(H3,39,40)(H,41,44);1H. The number of carbonyl (C=O) groups excluding carboxylic acids is 3. The summed E-state index contributed by atoms with van der Waals surface area (Å²) in [5.41, 5.74) is 20.7. The molecule has 0 aliphatic carbocycles. The number of nitrogens with one attached hydrogen (secondary N) is 2. The van der Waals surface area contributed by atoms with Crippen LogP contribution < -0.4 is 27.3 Å². The minimum Gasteiger partial charge on any atom is -0.457 e. The maximum atomic E-state index is 14.2. The molecule has 0 saturated heterocycles. The van der Waals surface area contributed by atoms with E-state index in [0.29, 0.717) is 28.3 Å². The van der Waals surface area contributed by atoms with E-state index in [9.17, 15) is 14.4 Å². The van der Waals surface area contributed by atoms with E-state index in [0.717, 1.165) is 5.56 Å². The number of nitrogens with two attached hydrogens (primary N) is 3. The van der Waals surface area contributed by atoms with Crippen LogP contribution in [0.2, 0.25) is 0 Å². The predicted molar refractivity (Wildman–Crippen MR) is 182 cm³/mol. The van der Waals surface area contributed by atoms with Gasteiger partial charge in [-0.1, -0.05) is 69.3 Å². The molecule has 4 rings (SSSR count). The van der Waals surface area contributed by atoms with Crippen molar-refractivity contribution in [1.82, 2.24) is 10.2 Å². The Morgan fingerprint density at radius 2 is 1.50 bits per heavy atom. The quantitative estimate of drug-likeness (QED) is 0.0865. The molecule has 4 aromatic rings. The first kappa shape index (κ1) is 33.3. The fourth-order valence-electron chi connectivity index (χ4n) is 4.89. The Kier molecular flexibility index (Phi) is 10.4. The second-order valence-electron chi connectivity index (χ2n) is 12.1. The van der Waals surface area contributed by atoms with Gasteiger partial charge in [-0.05, 0) is 70.6 Å². The first-order valence-corrected chi connectivity index (χ1v) is 14.8. The number of hydrogen-bond acceptors (Lipinski definition) is 6. The number of benzene rings is 4. The van der Waals surface area contributed by atoms with Gasteiger partial charge in [-0.25, -0.2) is 0 Å². The number of primary amides is 1. The largest absolute Gasteiger partial charge is 0.457 e. The Morgan fingerprint density at radius 3 is 2.13 bits per heavy atom. The van der Waals surface area contributed by atoms with Crippen LogP contribution in [0.15, 0.2) is 97.1 Å². The zero-order valence-corrected chi connectivity index (χ0v) is 26.2. The van der Waals surface area contributed by atoms with Gasteiger partial charge < -0.3 is 32.2 Å². The number of hydrogen-bond donors (Lipinski definition) is 5. The second kappa shape index (κ2) is 14.4. The molecule has 10 nitrogen and oxygen atoms in total. The van der Waals surface area contributed by atoms with Crippen LogP contribution in [0.1, 0.15) is 54.8 Å². The highest BCUT2D eigenvalue weighted by Gasteiger charge is 2.31. The van der Waals surface area contributed by atoms with Crippen LogP contribution in [0, 0.1) is 5.41 Å². The number of nitrogen functional groups attached to an aromatic ring is 2. The molecule has 1 atom stereocenters. The zero-order valence-electron chi connectivity index (χ0n) is 26.2. The topological polar surface area (TPSA) is 178 Å². The number of amides is 3. The lowest BCUT2D eigenvalue weighted by Crippen LogP contribution is -2.51. The fourth-order valence-corrected chi connectivity index (χ4v) is 4.89. The number of carbonyl (C=O) groups is 3. The summed E-state index contributed by atoms with van der Waals surface area (Å²) in [6.07, 6.45) is 0.124. The highest BCUT2D eigenvalue weighted by Crippen LogP contribution is 2.28. The summed E-state index contributed by atoms with van der Waals surface area (Å²) in [5.74, 6) is -0.724. The van der Waals surface area contributed by atoms with Crippen molar-refractivity contribution in [2.75, 3.05) is 12.3 Å².